The molecule has 102 valence electrons. The molecule has 1 rings (SSSR count). The van der Waals surface area contributed by atoms with Crippen molar-refractivity contribution in [3.63, 3.8) is 0 Å². The summed E-state index contributed by atoms with van der Waals surface area (Å²) < 4.78 is 29.4. The van der Waals surface area contributed by atoms with Crippen LogP contribution in [0.4, 0.5) is 0 Å². The summed E-state index contributed by atoms with van der Waals surface area (Å²) in [6, 6.07) is 0.396. The first-order chi connectivity index (χ1) is 7.97. The monoisotopic (exact) mass is 263 g/mol. The first kappa shape index (κ1) is 14.9. The number of nitrogens with one attached hydrogen (secondary N) is 1. The lowest BCUT2D eigenvalue weighted by atomic mass is 10.2. The highest BCUT2D eigenvalue weighted by molar-refractivity contribution is 7.92. The molecule has 0 saturated carbocycles. The van der Waals surface area contributed by atoms with Crippen molar-refractivity contribution in [2.24, 2.45) is 0 Å². The van der Waals surface area contributed by atoms with Crippen LogP contribution in [0.25, 0.3) is 0 Å². The third-order valence-electron chi connectivity index (χ3n) is 3.37. The molecule has 0 radical (unpaired) electrons. The van der Waals surface area contributed by atoms with Crippen LogP contribution in [0.2, 0.25) is 0 Å². The van der Waals surface area contributed by atoms with E-state index in [9.17, 15) is 8.42 Å². The van der Waals surface area contributed by atoms with E-state index in [0.29, 0.717) is 25.6 Å². The van der Waals surface area contributed by atoms with Crippen LogP contribution in [0, 0.1) is 0 Å². The maximum atomic E-state index is 12.1. The van der Waals surface area contributed by atoms with Gasteiger partial charge < -0.3 is 10.1 Å². The Morgan fingerprint density at radius 2 is 2.18 bits per heavy atom. The van der Waals surface area contributed by atoms with Crippen molar-refractivity contribution in [1.82, 2.24) is 5.32 Å². The predicted molar refractivity (Wildman–Crippen MR) is 70.0 cm³/mol. The molecule has 4 nitrogen and oxygen atoms in total. The molecule has 3 atom stereocenters. The smallest absolute Gasteiger partial charge is 0.157 e. The molecule has 0 spiro atoms. The van der Waals surface area contributed by atoms with Gasteiger partial charge in [0, 0.05) is 19.2 Å². The Labute approximate surface area is 105 Å². The van der Waals surface area contributed by atoms with Gasteiger partial charge in [-0.15, -0.1) is 0 Å². The summed E-state index contributed by atoms with van der Waals surface area (Å²) in [6.07, 6.45) is 2.71. The Hall–Kier alpha value is -0.130. The van der Waals surface area contributed by atoms with Gasteiger partial charge in [-0.25, -0.2) is 8.42 Å². The van der Waals surface area contributed by atoms with E-state index in [2.05, 4.69) is 19.2 Å². The van der Waals surface area contributed by atoms with E-state index in [1.54, 1.807) is 0 Å². The van der Waals surface area contributed by atoms with Gasteiger partial charge in [0.2, 0.25) is 0 Å². The Morgan fingerprint density at radius 1 is 1.47 bits per heavy atom. The molecule has 5 heteroatoms. The van der Waals surface area contributed by atoms with Crippen LogP contribution >= 0.6 is 0 Å². The van der Waals surface area contributed by atoms with Crippen LogP contribution in [0.1, 0.15) is 40.0 Å². The Kier molecular flexibility index (Phi) is 5.89. The van der Waals surface area contributed by atoms with E-state index in [4.69, 9.17) is 4.74 Å². The lowest BCUT2D eigenvalue weighted by Gasteiger charge is -2.17. The zero-order valence-corrected chi connectivity index (χ0v) is 11.9. The molecule has 1 heterocycles. The Balaban J connectivity index is 2.34. The number of sulfone groups is 1. The third-order valence-corrected chi connectivity index (χ3v) is 5.68. The van der Waals surface area contributed by atoms with Crippen molar-refractivity contribution in [2.45, 2.75) is 57.4 Å². The van der Waals surface area contributed by atoms with Gasteiger partial charge >= 0.3 is 0 Å². The molecular weight excluding hydrogens is 238 g/mol. The predicted octanol–water partition coefficient (Wildman–Crippen LogP) is 1.36. The summed E-state index contributed by atoms with van der Waals surface area (Å²) in [7, 11) is -3.01. The maximum Gasteiger partial charge on any atom is 0.157 e. The van der Waals surface area contributed by atoms with Gasteiger partial charge in [0.1, 0.15) is 0 Å². The average molecular weight is 263 g/mol. The number of rotatable bonds is 7. The van der Waals surface area contributed by atoms with Crippen molar-refractivity contribution >= 4 is 9.84 Å². The standard InChI is InChI=1S/C12H25NO3S/c1-4-5-10(2)13-7-9-17(14,15)12-6-8-16-11(12)3/h10-13H,4-9H2,1-3H3. The molecule has 1 fully saturated rings. The summed E-state index contributed by atoms with van der Waals surface area (Å²) in [5.41, 5.74) is 0. The summed E-state index contributed by atoms with van der Waals surface area (Å²) in [5.74, 6) is 0.222. The normalized spacial score (nSPS) is 27.2. The van der Waals surface area contributed by atoms with E-state index in [1.807, 2.05) is 6.92 Å². The molecule has 0 bridgehead atoms. The molecule has 0 aromatic carbocycles. The van der Waals surface area contributed by atoms with Crippen LogP contribution in [0.3, 0.4) is 0 Å². The van der Waals surface area contributed by atoms with E-state index in [1.165, 1.54) is 0 Å². The number of ether oxygens (including phenoxy) is 1. The lowest BCUT2D eigenvalue weighted by Crippen LogP contribution is -2.36. The summed E-state index contributed by atoms with van der Waals surface area (Å²) in [5, 5.41) is 2.96. The summed E-state index contributed by atoms with van der Waals surface area (Å²) in [4.78, 5) is 0. The van der Waals surface area contributed by atoms with Crippen LogP contribution in [-0.4, -0.2) is 44.7 Å². The van der Waals surface area contributed by atoms with Gasteiger partial charge in [-0.1, -0.05) is 13.3 Å². The van der Waals surface area contributed by atoms with Gasteiger partial charge in [0.05, 0.1) is 17.1 Å². The molecule has 0 aromatic rings. The first-order valence-corrected chi connectivity index (χ1v) is 8.25. The van der Waals surface area contributed by atoms with E-state index in [-0.39, 0.29) is 17.1 Å². The molecule has 3 unspecified atom stereocenters. The Morgan fingerprint density at radius 3 is 2.71 bits per heavy atom. The highest BCUT2D eigenvalue weighted by atomic mass is 32.2. The van der Waals surface area contributed by atoms with Crippen LogP contribution < -0.4 is 5.32 Å². The molecule has 1 N–H and O–H groups in total. The highest BCUT2D eigenvalue weighted by Crippen LogP contribution is 2.21. The molecule has 0 amide bonds. The van der Waals surface area contributed by atoms with Crippen molar-refractivity contribution in [3.05, 3.63) is 0 Å². The summed E-state index contributed by atoms with van der Waals surface area (Å²) >= 11 is 0. The van der Waals surface area contributed by atoms with Crippen molar-refractivity contribution in [1.29, 1.82) is 0 Å². The van der Waals surface area contributed by atoms with Gasteiger partial charge in [-0.2, -0.15) is 0 Å². The molecule has 0 aromatic heterocycles. The van der Waals surface area contributed by atoms with Crippen LogP contribution in [-0.2, 0) is 14.6 Å². The quantitative estimate of drug-likeness (QED) is 0.753. The fraction of sp³-hybridized carbons (Fsp3) is 1.00. The third kappa shape index (κ3) is 4.56. The number of hydrogen-bond donors (Lipinski definition) is 1. The first-order valence-electron chi connectivity index (χ1n) is 6.54. The van der Waals surface area contributed by atoms with Crippen LogP contribution in [0.5, 0.6) is 0 Å². The van der Waals surface area contributed by atoms with E-state index >= 15 is 0 Å². The van der Waals surface area contributed by atoms with E-state index in [0.717, 1.165) is 12.8 Å². The molecule has 17 heavy (non-hydrogen) atoms. The zero-order valence-electron chi connectivity index (χ0n) is 11.1. The second kappa shape index (κ2) is 6.71. The molecule has 1 saturated heterocycles. The lowest BCUT2D eigenvalue weighted by molar-refractivity contribution is 0.126. The highest BCUT2D eigenvalue weighted by Gasteiger charge is 2.35. The second-order valence-corrected chi connectivity index (χ2v) is 7.25. The fourth-order valence-electron chi connectivity index (χ4n) is 2.32. The minimum Gasteiger partial charge on any atom is -0.377 e. The number of hydrogen-bond acceptors (Lipinski definition) is 4. The largest absolute Gasteiger partial charge is 0.377 e. The van der Waals surface area contributed by atoms with Gasteiger partial charge in [0.15, 0.2) is 9.84 Å². The topological polar surface area (TPSA) is 55.4 Å². The second-order valence-electron chi connectivity index (χ2n) is 4.91. The van der Waals surface area contributed by atoms with Gasteiger partial charge in [-0.3, -0.25) is 0 Å². The Bertz CT molecular complexity index is 316. The summed E-state index contributed by atoms with van der Waals surface area (Å²) in [6.45, 7) is 7.20. The van der Waals surface area contributed by atoms with Crippen molar-refractivity contribution < 1.29 is 13.2 Å². The van der Waals surface area contributed by atoms with Gasteiger partial charge in [-0.05, 0) is 26.7 Å². The average Bonchev–Trinajstić information content (AvgIpc) is 2.65. The van der Waals surface area contributed by atoms with Crippen molar-refractivity contribution in [3.8, 4) is 0 Å². The van der Waals surface area contributed by atoms with Gasteiger partial charge in [0.25, 0.3) is 0 Å². The molecule has 0 aliphatic carbocycles. The fourth-order valence-corrected chi connectivity index (χ4v) is 4.14. The molecular formula is C12H25NO3S. The molecule has 1 aliphatic heterocycles. The molecule has 1 aliphatic rings. The van der Waals surface area contributed by atoms with Crippen LogP contribution in [0.15, 0.2) is 0 Å². The zero-order chi connectivity index (χ0) is 12.9. The van der Waals surface area contributed by atoms with E-state index < -0.39 is 9.84 Å². The minimum atomic E-state index is -3.01. The SMILES string of the molecule is CCCC(C)NCCS(=O)(=O)C1CCOC1C. The maximum absolute atomic E-state index is 12.1. The van der Waals surface area contributed by atoms with Crippen molar-refractivity contribution in [2.75, 3.05) is 18.9 Å². The minimum absolute atomic E-state index is 0.145.